The van der Waals surface area contributed by atoms with Gasteiger partial charge in [-0.3, -0.25) is 0 Å². The van der Waals surface area contributed by atoms with Crippen molar-refractivity contribution in [2.24, 2.45) is 0 Å². The molecule has 0 amide bonds. The Morgan fingerprint density at radius 3 is 2.76 bits per heavy atom. The fourth-order valence-electron chi connectivity index (χ4n) is 2.18. The van der Waals surface area contributed by atoms with E-state index in [1.165, 1.54) is 0 Å². The molecule has 0 bridgehead atoms. The molecule has 17 heavy (non-hydrogen) atoms. The summed E-state index contributed by atoms with van der Waals surface area (Å²) in [5, 5.41) is 27.8. The maximum absolute atomic E-state index is 13.3. The third kappa shape index (κ3) is 2.50. The maximum Gasteiger partial charge on any atom is 0.165 e. The van der Waals surface area contributed by atoms with E-state index in [2.05, 4.69) is 0 Å². The van der Waals surface area contributed by atoms with E-state index in [4.69, 9.17) is 14.9 Å². The third-order valence-electron chi connectivity index (χ3n) is 3.11. The Labute approximate surface area is 98.3 Å². The maximum atomic E-state index is 13.3. The first-order valence-corrected chi connectivity index (χ1v) is 5.55. The van der Waals surface area contributed by atoms with Crippen LogP contribution in [-0.4, -0.2) is 34.6 Å². The summed E-state index contributed by atoms with van der Waals surface area (Å²) in [5.41, 5.74) is 0.460. The van der Waals surface area contributed by atoms with Crippen LogP contribution in [0.5, 0.6) is 11.5 Å². The molecule has 0 saturated carbocycles. The lowest BCUT2D eigenvalue weighted by Crippen LogP contribution is -2.27. The second-order valence-corrected chi connectivity index (χ2v) is 4.26. The van der Waals surface area contributed by atoms with Crippen LogP contribution in [0.2, 0.25) is 0 Å². The van der Waals surface area contributed by atoms with E-state index in [9.17, 15) is 9.50 Å². The van der Waals surface area contributed by atoms with Crippen LogP contribution in [-0.2, 0) is 4.74 Å². The largest absolute Gasteiger partial charge is 0.508 e. The van der Waals surface area contributed by atoms with Crippen LogP contribution in [0.25, 0.3) is 0 Å². The molecule has 1 aromatic carbocycles. The highest BCUT2D eigenvalue weighted by Crippen LogP contribution is 2.37. The number of rotatable bonds is 2. The summed E-state index contributed by atoms with van der Waals surface area (Å²) in [7, 11) is 0. The number of hydrogen-bond donors (Lipinski definition) is 3. The van der Waals surface area contributed by atoms with Crippen LogP contribution in [0.15, 0.2) is 12.1 Å². The topological polar surface area (TPSA) is 69.9 Å². The second-order valence-electron chi connectivity index (χ2n) is 4.26. The summed E-state index contributed by atoms with van der Waals surface area (Å²) in [6.45, 7) is 0.385. The molecule has 1 aliphatic rings. The molecule has 4 nitrogen and oxygen atoms in total. The van der Waals surface area contributed by atoms with Gasteiger partial charge in [0, 0.05) is 18.2 Å². The summed E-state index contributed by atoms with van der Waals surface area (Å²) in [4.78, 5) is 0. The molecule has 94 valence electrons. The molecular weight excluding hydrogens is 227 g/mol. The fourth-order valence-corrected chi connectivity index (χ4v) is 2.18. The van der Waals surface area contributed by atoms with Crippen molar-refractivity contribution >= 4 is 0 Å². The Bertz CT molecular complexity index is 408. The van der Waals surface area contributed by atoms with Gasteiger partial charge < -0.3 is 20.1 Å². The van der Waals surface area contributed by atoms with Gasteiger partial charge in [-0.1, -0.05) is 0 Å². The molecule has 5 heteroatoms. The lowest BCUT2D eigenvalue weighted by Gasteiger charge is -2.29. The summed E-state index contributed by atoms with van der Waals surface area (Å²) < 4.78 is 18.5. The number of aliphatic hydroxyl groups is 1. The predicted molar refractivity (Wildman–Crippen MR) is 58.5 cm³/mol. The lowest BCUT2D eigenvalue weighted by atomic mass is 9.88. The number of halogens is 1. The number of ether oxygens (including phenoxy) is 1. The summed E-state index contributed by atoms with van der Waals surface area (Å²) in [5.74, 6) is -1.48. The van der Waals surface area contributed by atoms with Crippen molar-refractivity contribution in [2.45, 2.75) is 24.9 Å². The van der Waals surface area contributed by atoms with Gasteiger partial charge in [-0.05, 0) is 24.8 Å². The smallest absolute Gasteiger partial charge is 0.165 e. The van der Waals surface area contributed by atoms with Crippen LogP contribution in [0.3, 0.4) is 0 Å². The van der Waals surface area contributed by atoms with Crippen molar-refractivity contribution in [1.29, 1.82) is 0 Å². The zero-order chi connectivity index (χ0) is 12.4. The lowest BCUT2D eigenvalue weighted by molar-refractivity contribution is -0.0252. The highest BCUT2D eigenvalue weighted by Gasteiger charge is 2.26. The van der Waals surface area contributed by atoms with Crippen LogP contribution in [0.4, 0.5) is 4.39 Å². The zero-order valence-electron chi connectivity index (χ0n) is 9.27. The minimum atomic E-state index is -0.746. The minimum absolute atomic E-state index is 0.0593. The Morgan fingerprint density at radius 1 is 1.29 bits per heavy atom. The molecule has 1 aromatic rings. The predicted octanol–water partition coefficient (Wildman–Crippen LogP) is 1.49. The molecular formula is C12H15FO4. The molecule has 2 atom stereocenters. The van der Waals surface area contributed by atoms with Gasteiger partial charge in [0.25, 0.3) is 0 Å². The van der Waals surface area contributed by atoms with Gasteiger partial charge in [-0.15, -0.1) is 0 Å². The van der Waals surface area contributed by atoms with E-state index in [1.54, 1.807) is 0 Å². The standard InChI is InChI=1S/C12H15FO4/c13-10-4-9(11(15)5-12(10)16)7-1-2-17-8(3-7)6-14/h4-5,7-8,14-16H,1-3,6H2/t7-,8-/m1/s1. The number of aliphatic hydroxyl groups excluding tert-OH is 1. The molecule has 1 heterocycles. The van der Waals surface area contributed by atoms with E-state index < -0.39 is 11.6 Å². The molecule has 2 rings (SSSR count). The van der Waals surface area contributed by atoms with Gasteiger partial charge in [0.1, 0.15) is 5.75 Å². The number of hydrogen-bond acceptors (Lipinski definition) is 4. The first-order valence-electron chi connectivity index (χ1n) is 5.55. The number of aromatic hydroxyl groups is 2. The number of benzene rings is 1. The van der Waals surface area contributed by atoms with E-state index in [0.29, 0.717) is 25.0 Å². The number of phenols is 2. The minimum Gasteiger partial charge on any atom is -0.508 e. The Kier molecular flexibility index (Phi) is 3.49. The first-order chi connectivity index (χ1) is 8.11. The van der Waals surface area contributed by atoms with Crippen LogP contribution >= 0.6 is 0 Å². The Morgan fingerprint density at radius 2 is 2.06 bits per heavy atom. The Balaban J connectivity index is 2.24. The average molecular weight is 242 g/mol. The van der Waals surface area contributed by atoms with Crippen molar-refractivity contribution in [3.63, 3.8) is 0 Å². The van der Waals surface area contributed by atoms with Gasteiger partial charge in [-0.2, -0.15) is 0 Å². The van der Waals surface area contributed by atoms with Crippen molar-refractivity contribution in [3.05, 3.63) is 23.5 Å². The molecule has 1 saturated heterocycles. The molecule has 0 radical (unpaired) electrons. The quantitative estimate of drug-likeness (QED) is 0.735. The summed E-state index contributed by atoms with van der Waals surface area (Å²) in [6.07, 6.45) is 0.924. The van der Waals surface area contributed by atoms with E-state index >= 15 is 0 Å². The highest BCUT2D eigenvalue weighted by molar-refractivity contribution is 5.42. The fraction of sp³-hybridized carbons (Fsp3) is 0.500. The third-order valence-corrected chi connectivity index (χ3v) is 3.11. The zero-order valence-corrected chi connectivity index (χ0v) is 9.27. The van der Waals surface area contributed by atoms with Crippen molar-refractivity contribution < 1.29 is 24.4 Å². The van der Waals surface area contributed by atoms with E-state index in [0.717, 1.165) is 12.1 Å². The van der Waals surface area contributed by atoms with Gasteiger partial charge >= 0.3 is 0 Å². The molecule has 0 aliphatic carbocycles. The highest BCUT2D eigenvalue weighted by atomic mass is 19.1. The normalized spacial score (nSPS) is 24.8. The van der Waals surface area contributed by atoms with Gasteiger partial charge in [-0.25, -0.2) is 4.39 Å². The number of phenolic OH excluding ortho intramolecular Hbond substituents is 2. The van der Waals surface area contributed by atoms with E-state index in [1.807, 2.05) is 0 Å². The molecule has 1 aliphatic heterocycles. The van der Waals surface area contributed by atoms with Crippen molar-refractivity contribution in [1.82, 2.24) is 0 Å². The molecule has 0 aromatic heterocycles. The summed E-state index contributed by atoms with van der Waals surface area (Å²) >= 11 is 0. The average Bonchev–Trinajstić information content (AvgIpc) is 2.34. The SMILES string of the molecule is OC[C@H]1C[C@H](c2cc(F)c(O)cc2O)CCO1. The first kappa shape index (κ1) is 12.1. The monoisotopic (exact) mass is 242 g/mol. The molecule has 0 spiro atoms. The van der Waals surface area contributed by atoms with Crippen molar-refractivity contribution in [3.8, 4) is 11.5 Å². The van der Waals surface area contributed by atoms with Gasteiger partial charge in [0.05, 0.1) is 12.7 Å². The molecule has 1 fully saturated rings. The molecule has 3 N–H and O–H groups in total. The van der Waals surface area contributed by atoms with Crippen LogP contribution in [0.1, 0.15) is 24.3 Å². The molecule has 0 unspecified atom stereocenters. The van der Waals surface area contributed by atoms with E-state index in [-0.39, 0.29) is 24.4 Å². The second kappa shape index (κ2) is 4.89. The van der Waals surface area contributed by atoms with Crippen LogP contribution in [0, 0.1) is 5.82 Å². The Hall–Kier alpha value is -1.33. The van der Waals surface area contributed by atoms with Crippen LogP contribution < -0.4 is 0 Å². The summed E-state index contributed by atoms with van der Waals surface area (Å²) in [6, 6.07) is 2.16. The van der Waals surface area contributed by atoms with Gasteiger partial charge in [0.15, 0.2) is 11.6 Å². The van der Waals surface area contributed by atoms with Crippen molar-refractivity contribution in [2.75, 3.05) is 13.2 Å². The van der Waals surface area contributed by atoms with Gasteiger partial charge in [0.2, 0.25) is 0 Å².